The van der Waals surface area contributed by atoms with E-state index in [-0.39, 0.29) is 17.4 Å². The zero-order chi connectivity index (χ0) is 11.3. The van der Waals surface area contributed by atoms with Gasteiger partial charge in [-0.15, -0.1) is 0 Å². The number of nitro groups is 1. The first-order chi connectivity index (χ1) is 7.13. The van der Waals surface area contributed by atoms with E-state index in [1.54, 1.807) is 0 Å². The van der Waals surface area contributed by atoms with Gasteiger partial charge in [-0.2, -0.15) is 4.98 Å². The van der Waals surface area contributed by atoms with Crippen LogP contribution in [0.25, 0.3) is 0 Å². The highest BCUT2D eigenvalue weighted by atomic mass is 16.6. The molecule has 0 saturated carbocycles. The number of ether oxygens (including phenoxy) is 1. The summed E-state index contributed by atoms with van der Waals surface area (Å²) in [6.45, 7) is 2.52. The summed E-state index contributed by atoms with van der Waals surface area (Å²) in [6, 6.07) is 2.47. The summed E-state index contributed by atoms with van der Waals surface area (Å²) in [5, 5.41) is 10.5. The molecule has 1 aromatic heterocycles. The van der Waals surface area contributed by atoms with Crippen LogP contribution in [-0.4, -0.2) is 16.5 Å². The fraction of sp³-hybridized carbons (Fsp3) is 0.444. The van der Waals surface area contributed by atoms with E-state index in [1.807, 2.05) is 6.92 Å². The summed E-state index contributed by atoms with van der Waals surface area (Å²) < 4.78 is 5.22. The molecular formula is C9H13N3O3. The molecule has 6 heteroatoms. The molecule has 1 rings (SSSR count). The number of aromatic nitrogens is 1. The second-order valence-electron chi connectivity index (χ2n) is 3.05. The molecule has 0 atom stereocenters. The van der Waals surface area contributed by atoms with Gasteiger partial charge < -0.3 is 10.5 Å². The highest BCUT2D eigenvalue weighted by Gasteiger charge is 2.10. The predicted molar refractivity (Wildman–Crippen MR) is 55.7 cm³/mol. The van der Waals surface area contributed by atoms with E-state index in [0.717, 1.165) is 12.8 Å². The number of nitrogen functional groups attached to an aromatic ring is 1. The number of rotatable bonds is 5. The third-order valence-corrected chi connectivity index (χ3v) is 1.77. The van der Waals surface area contributed by atoms with Crippen molar-refractivity contribution in [1.29, 1.82) is 0 Å². The third kappa shape index (κ3) is 3.41. The number of nitrogens with two attached hydrogens (primary N) is 1. The molecule has 1 heterocycles. The molecule has 0 fully saturated rings. The molecule has 2 N–H and O–H groups in total. The molecular weight excluding hydrogens is 198 g/mol. The maximum absolute atomic E-state index is 10.5. The Hall–Kier alpha value is -1.85. The summed E-state index contributed by atoms with van der Waals surface area (Å²) in [5.74, 6) is 0.297. The van der Waals surface area contributed by atoms with E-state index in [0.29, 0.717) is 6.61 Å². The van der Waals surface area contributed by atoms with Crippen molar-refractivity contribution in [2.45, 2.75) is 19.8 Å². The van der Waals surface area contributed by atoms with Crippen molar-refractivity contribution >= 4 is 11.5 Å². The topological polar surface area (TPSA) is 91.3 Å². The van der Waals surface area contributed by atoms with Crippen molar-refractivity contribution < 1.29 is 9.66 Å². The largest absolute Gasteiger partial charge is 0.477 e. The van der Waals surface area contributed by atoms with Crippen molar-refractivity contribution in [2.75, 3.05) is 12.3 Å². The number of hydrogen-bond donors (Lipinski definition) is 1. The molecule has 0 saturated heterocycles. The Kier molecular flexibility index (Phi) is 3.84. The minimum Gasteiger partial charge on any atom is -0.477 e. The SMILES string of the molecule is CCCCOc1cc([N+](=O)[O-])cc(N)n1. The second-order valence-corrected chi connectivity index (χ2v) is 3.05. The normalized spacial score (nSPS) is 9.93. The van der Waals surface area contributed by atoms with Gasteiger partial charge >= 0.3 is 0 Å². The number of pyridine rings is 1. The first-order valence-electron chi connectivity index (χ1n) is 4.68. The van der Waals surface area contributed by atoms with E-state index in [9.17, 15) is 10.1 Å². The van der Waals surface area contributed by atoms with Gasteiger partial charge in [-0.3, -0.25) is 10.1 Å². The molecule has 0 aliphatic rings. The van der Waals surface area contributed by atoms with Crippen LogP contribution in [0.2, 0.25) is 0 Å². The van der Waals surface area contributed by atoms with Crippen molar-refractivity contribution in [2.24, 2.45) is 0 Å². The van der Waals surface area contributed by atoms with Gasteiger partial charge in [-0.25, -0.2) is 0 Å². The molecule has 15 heavy (non-hydrogen) atoms. The average Bonchev–Trinajstić information content (AvgIpc) is 2.17. The van der Waals surface area contributed by atoms with E-state index in [1.165, 1.54) is 12.1 Å². The van der Waals surface area contributed by atoms with Crippen LogP contribution >= 0.6 is 0 Å². The Balaban J connectivity index is 2.75. The third-order valence-electron chi connectivity index (χ3n) is 1.77. The van der Waals surface area contributed by atoms with Gasteiger partial charge in [-0.05, 0) is 6.42 Å². The zero-order valence-corrected chi connectivity index (χ0v) is 8.47. The van der Waals surface area contributed by atoms with Gasteiger partial charge in [0.05, 0.1) is 23.7 Å². The van der Waals surface area contributed by atoms with Crippen molar-refractivity contribution in [3.05, 3.63) is 22.2 Å². The molecule has 0 spiro atoms. The average molecular weight is 211 g/mol. The Bertz CT molecular complexity index is 354. The lowest BCUT2D eigenvalue weighted by Gasteiger charge is -2.04. The molecule has 6 nitrogen and oxygen atoms in total. The molecule has 0 amide bonds. The lowest BCUT2D eigenvalue weighted by molar-refractivity contribution is -0.384. The Labute approximate surface area is 87.2 Å². The first kappa shape index (κ1) is 11.2. The lowest BCUT2D eigenvalue weighted by atomic mass is 10.3. The maximum Gasteiger partial charge on any atom is 0.278 e. The number of hydrogen-bond acceptors (Lipinski definition) is 5. The molecule has 0 aliphatic carbocycles. The lowest BCUT2D eigenvalue weighted by Crippen LogP contribution is -2.01. The van der Waals surface area contributed by atoms with Crippen LogP contribution in [0.4, 0.5) is 11.5 Å². The predicted octanol–water partition coefficient (Wildman–Crippen LogP) is 1.75. The van der Waals surface area contributed by atoms with Gasteiger partial charge in [0.1, 0.15) is 5.82 Å². The van der Waals surface area contributed by atoms with E-state index >= 15 is 0 Å². The van der Waals surface area contributed by atoms with Crippen LogP contribution in [0.3, 0.4) is 0 Å². The monoisotopic (exact) mass is 211 g/mol. The molecule has 0 bridgehead atoms. The molecule has 82 valence electrons. The Morgan fingerprint density at radius 2 is 2.33 bits per heavy atom. The van der Waals surface area contributed by atoms with E-state index in [4.69, 9.17) is 10.5 Å². The van der Waals surface area contributed by atoms with Crippen molar-refractivity contribution in [3.63, 3.8) is 0 Å². The van der Waals surface area contributed by atoms with E-state index < -0.39 is 4.92 Å². The molecule has 1 aromatic rings. The first-order valence-corrected chi connectivity index (χ1v) is 4.68. The van der Waals surface area contributed by atoms with Crippen LogP contribution in [0.1, 0.15) is 19.8 Å². The summed E-state index contributed by atoms with van der Waals surface area (Å²) in [6.07, 6.45) is 1.87. The highest BCUT2D eigenvalue weighted by molar-refractivity contribution is 5.45. The second kappa shape index (κ2) is 5.14. The van der Waals surface area contributed by atoms with Crippen LogP contribution in [0.5, 0.6) is 5.88 Å². The fourth-order valence-electron chi connectivity index (χ4n) is 1.01. The summed E-state index contributed by atoms with van der Waals surface area (Å²) in [7, 11) is 0. The minimum absolute atomic E-state index is 0.0932. The summed E-state index contributed by atoms with van der Waals surface area (Å²) >= 11 is 0. The molecule has 0 aromatic carbocycles. The van der Waals surface area contributed by atoms with Crippen LogP contribution in [0.15, 0.2) is 12.1 Å². The quantitative estimate of drug-likeness (QED) is 0.455. The van der Waals surface area contributed by atoms with Gasteiger partial charge in [0.25, 0.3) is 5.69 Å². The van der Waals surface area contributed by atoms with Gasteiger partial charge in [-0.1, -0.05) is 13.3 Å². The minimum atomic E-state index is -0.523. The summed E-state index contributed by atoms with van der Waals surface area (Å²) in [4.78, 5) is 13.8. The summed E-state index contributed by atoms with van der Waals surface area (Å²) in [5.41, 5.74) is 5.30. The fourth-order valence-corrected chi connectivity index (χ4v) is 1.01. The standard InChI is InChI=1S/C9H13N3O3/c1-2-3-4-15-9-6-7(12(13)14)5-8(10)11-9/h5-6H,2-4H2,1H3,(H2,10,11). The van der Waals surface area contributed by atoms with Crippen LogP contribution < -0.4 is 10.5 Å². The van der Waals surface area contributed by atoms with Crippen molar-refractivity contribution in [1.82, 2.24) is 4.98 Å². The highest BCUT2D eigenvalue weighted by Crippen LogP contribution is 2.20. The van der Waals surface area contributed by atoms with Gasteiger partial charge in [0.2, 0.25) is 5.88 Å². The molecule has 0 radical (unpaired) electrons. The number of unbranched alkanes of at least 4 members (excludes halogenated alkanes) is 1. The molecule has 0 aliphatic heterocycles. The number of anilines is 1. The van der Waals surface area contributed by atoms with Gasteiger partial charge in [0, 0.05) is 0 Å². The Morgan fingerprint density at radius 1 is 1.60 bits per heavy atom. The van der Waals surface area contributed by atoms with Gasteiger partial charge in [0.15, 0.2) is 0 Å². The van der Waals surface area contributed by atoms with Crippen LogP contribution in [0, 0.1) is 10.1 Å². The smallest absolute Gasteiger partial charge is 0.278 e. The molecule has 0 unspecified atom stereocenters. The number of nitrogens with zero attached hydrogens (tertiary/aromatic N) is 2. The van der Waals surface area contributed by atoms with Crippen molar-refractivity contribution in [3.8, 4) is 5.88 Å². The van der Waals surface area contributed by atoms with Crippen LogP contribution in [-0.2, 0) is 0 Å². The Morgan fingerprint density at radius 3 is 2.93 bits per heavy atom. The van der Waals surface area contributed by atoms with E-state index in [2.05, 4.69) is 4.98 Å². The maximum atomic E-state index is 10.5. The zero-order valence-electron chi connectivity index (χ0n) is 8.47.